The number of ether oxygens (including phenoxy) is 1. The number of amides is 2. The Balaban J connectivity index is 1.67. The van der Waals surface area contributed by atoms with Crippen molar-refractivity contribution >= 4 is 29.8 Å². The molecular weight excluding hydrogens is 729 g/mol. The maximum Gasteiger partial charge on any atom is 0.420 e. The first-order chi connectivity index (χ1) is 27.4. The summed E-state index contributed by atoms with van der Waals surface area (Å²) >= 11 is 0. The number of rotatable bonds is 18. The zero-order valence-electron chi connectivity index (χ0n) is 36.1. The molecule has 1 aliphatic rings. The number of aliphatic hydroxyl groups excluding tert-OH is 1. The molecule has 2 amide bonds. The molecule has 1 heterocycles. The molecule has 10 nitrogen and oxygen atoms in total. The smallest absolute Gasteiger partial charge is 0.420 e. The van der Waals surface area contributed by atoms with E-state index in [1.54, 1.807) is 20.8 Å². The fraction of sp³-hybridized carbons (Fsp3) is 0.562. The van der Waals surface area contributed by atoms with Crippen LogP contribution >= 0.6 is 0 Å². The van der Waals surface area contributed by atoms with Gasteiger partial charge in [-0.05, 0) is 68.9 Å². The van der Waals surface area contributed by atoms with Crippen molar-refractivity contribution < 1.29 is 29.0 Å². The van der Waals surface area contributed by atoms with Crippen LogP contribution in [0.25, 0.3) is 6.08 Å². The van der Waals surface area contributed by atoms with E-state index in [4.69, 9.17) is 4.74 Å². The van der Waals surface area contributed by atoms with Crippen molar-refractivity contribution in [2.45, 2.75) is 143 Å². The van der Waals surface area contributed by atoms with E-state index in [-0.39, 0.29) is 30.5 Å². The number of aliphatic hydroxyl groups is 1. The first-order valence-corrected chi connectivity index (χ1v) is 21.2. The van der Waals surface area contributed by atoms with Crippen molar-refractivity contribution in [3.63, 3.8) is 0 Å². The Kier molecular flexibility index (Phi) is 17.0. The average Bonchev–Trinajstić information content (AvgIpc) is 3.64. The van der Waals surface area contributed by atoms with Crippen LogP contribution in [0.15, 0.2) is 79.3 Å². The second kappa shape index (κ2) is 21.4. The molecule has 0 aliphatic heterocycles. The summed E-state index contributed by atoms with van der Waals surface area (Å²) in [5.74, 6) is -1.13. The van der Waals surface area contributed by atoms with E-state index < -0.39 is 53.0 Å². The van der Waals surface area contributed by atoms with Gasteiger partial charge >= 0.3 is 6.09 Å². The maximum absolute atomic E-state index is 14.7. The van der Waals surface area contributed by atoms with Gasteiger partial charge in [0.05, 0.1) is 17.8 Å². The number of hydrogen-bond acceptors (Lipinski definition) is 7. The molecule has 1 aromatic heterocycles. The number of nitrogens with one attached hydrogen (secondary N) is 2. The number of ketones is 1. The number of nitrogens with zero attached hydrogens (tertiary/aromatic N) is 2. The number of aromatic nitrogens is 2. The van der Waals surface area contributed by atoms with Gasteiger partial charge in [-0.15, -0.1) is 0 Å². The Hall–Kier alpha value is -4.57. The van der Waals surface area contributed by atoms with Gasteiger partial charge in [-0.2, -0.15) is 0 Å². The van der Waals surface area contributed by atoms with Gasteiger partial charge in [0.2, 0.25) is 11.8 Å². The molecule has 0 saturated heterocycles. The van der Waals surface area contributed by atoms with E-state index in [1.165, 1.54) is 23.5 Å². The zero-order valence-corrected chi connectivity index (χ0v) is 36.1. The highest BCUT2D eigenvalue weighted by Crippen LogP contribution is 2.30. The zero-order chi connectivity index (χ0) is 42.5. The molecule has 1 saturated carbocycles. The normalized spacial score (nSPS) is 16.7. The van der Waals surface area contributed by atoms with Crippen LogP contribution in [0.2, 0.25) is 0 Å². The highest BCUT2D eigenvalue weighted by molar-refractivity contribution is 5.92. The summed E-state index contributed by atoms with van der Waals surface area (Å²) in [4.78, 5) is 60.0. The third-order valence-corrected chi connectivity index (χ3v) is 11.1. The molecule has 3 N–H and O–H groups in total. The van der Waals surface area contributed by atoms with Gasteiger partial charge in [-0.25, -0.2) is 14.3 Å². The minimum atomic E-state index is -1.16. The Morgan fingerprint density at radius 3 is 2.12 bits per heavy atom. The lowest BCUT2D eigenvalue weighted by atomic mass is 9.81. The lowest BCUT2D eigenvalue weighted by Gasteiger charge is -2.33. The third kappa shape index (κ3) is 15.0. The van der Waals surface area contributed by atoms with Crippen LogP contribution in [-0.2, 0) is 32.0 Å². The number of Topliss-reactive ketones (excluding diaryl/α,β-unsaturated/α-hetero) is 1. The summed E-state index contributed by atoms with van der Waals surface area (Å²) in [6.45, 7) is 15.1. The van der Waals surface area contributed by atoms with Crippen molar-refractivity contribution in [1.29, 1.82) is 0 Å². The van der Waals surface area contributed by atoms with Crippen molar-refractivity contribution in [2.75, 3.05) is 0 Å². The SMILES string of the molecule is CC(C)[C@@H](/C=C/c1ccccc1)C[C@H](O)[C@H](CC1CCCCC1)NC(=O)[C@H](Cc1cncn1C(=O)OC(C)(C)C)NC(=O)[C@@H](CC(=O)C(C)(C)C)Cc1ccccc1. The molecule has 316 valence electrons. The van der Waals surface area contributed by atoms with Crippen molar-refractivity contribution in [1.82, 2.24) is 20.2 Å². The predicted molar refractivity (Wildman–Crippen MR) is 230 cm³/mol. The second-order valence-corrected chi connectivity index (χ2v) is 18.6. The molecule has 0 unspecified atom stereocenters. The van der Waals surface area contributed by atoms with E-state index >= 15 is 0 Å². The van der Waals surface area contributed by atoms with Crippen LogP contribution in [0, 0.1) is 29.1 Å². The Morgan fingerprint density at radius 1 is 0.879 bits per heavy atom. The van der Waals surface area contributed by atoms with Crippen LogP contribution < -0.4 is 10.6 Å². The Morgan fingerprint density at radius 2 is 1.52 bits per heavy atom. The van der Waals surface area contributed by atoms with Crippen LogP contribution in [0.4, 0.5) is 4.79 Å². The number of benzene rings is 2. The Labute approximate surface area is 346 Å². The fourth-order valence-electron chi connectivity index (χ4n) is 7.54. The van der Waals surface area contributed by atoms with Gasteiger partial charge < -0.3 is 20.5 Å². The summed E-state index contributed by atoms with van der Waals surface area (Å²) < 4.78 is 6.88. The van der Waals surface area contributed by atoms with E-state index in [0.717, 1.165) is 36.8 Å². The quantitative estimate of drug-likeness (QED) is 0.117. The molecule has 3 aromatic rings. The number of hydrogen-bond donors (Lipinski definition) is 3. The van der Waals surface area contributed by atoms with Gasteiger partial charge in [0.25, 0.3) is 0 Å². The molecule has 1 aliphatic carbocycles. The van der Waals surface area contributed by atoms with E-state index in [9.17, 15) is 24.3 Å². The van der Waals surface area contributed by atoms with Crippen LogP contribution in [0.1, 0.15) is 124 Å². The van der Waals surface area contributed by atoms with Crippen molar-refractivity contribution in [3.05, 3.63) is 96.1 Å². The van der Waals surface area contributed by atoms with Crippen molar-refractivity contribution in [3.8, 4) is 0 Å². The second-order valence-electron chi connectivity index (χ2n) is 18.6. The molecule has 0 spiro atoms. The number of allylic oxidation sites excluding steroid dienone is 1. The van der Waals surface area contributed by atoms with Crippen molar-refractivity contribution in [2.24, 2.45) is 29.1 Å². The van der Waals surface area contributed by atoms with Gasteiger partial charge in [0.15, 0.2) is 0 Å². The minimum absolute atomic E-state index is 0.00941. The summed E-state index contributed by atoms with van der Waals surface area (Å²) in [7, 11) is 0. The number of carbonyl (C=O) groups is 4. The van der Waals surface area contributed by atoms with E-state index in [0.29, 0.717) is 30.9 Å². The average molecular weight is 797 g/mol. The molecule has 10 heteroatoms. The summed E-state index contributed by atoms with van der Waals surface area (Å²) in [5, 5.41) is 18.2. The van der Waals surface area contributed by atoms with E-state index in [1.807, 2.05) is 81.4 Å². The Bertz CT molecular complexity index is 1780. The van der Waals surface area contributed by atoms with Gasteiger partial charge in [0, 0.05) is 30.4 Å². The third-order valence-electron chi connectivity index (χ3n) is 11.1. The fourth-order valence-corrected chi connectivity index (χ4v) is 7.54. The van der Waals surface area contributed by atoms with Gasteiger partial charge in [-0.3, -0.25) is 14.4 Å². The van der Waals surface area contributed by atoms with Crippen LogP contribution in [0.3, 0.4) is 0 Å². The summed E-state index contributed by atoms with van der Waals surface area (Å²) in [6.07, 6.45) is 12.2. The molecule has 4 rings (SSSR count). The highest BCUT2D eigenvalue weighted by Gasteiger charge is 2.35. The molecule has 5 atom stereocenters. The predicted octanol–water partition coefficient (Wildman–Crippen LogP) is 8.75. The molecule has 0 radical (unpaired) electrons. The topological polar surface area (TPSA) is 140 Å². The highest BCUT2D eigenvalue weighted by atomic mass is 16.6. The summed E-state index contributed by atoms with van der Waals surface area (Å²) in [6, 6.07) is 17.8. The lowest BCUT2D eigenvalue weighted by molar-refractivity contribution is -0.135. The molecule has 2 aromatic carbocycles. The minimum Gasteiger partial charge on any atom is -0.443 e. The molecule has 1 fully saturated rings. The molecule has 0 bridgehead atoms. The first kappa shape index (κ1) is 46.1. The molecule has 58 heavy (non-hydrogen) atoms. The number of imidazole rings is 1. The maximum atomic E-state index is 14.7. The standard InChI is InChI=1S/C48H68N4O6/c1-33(2)37(25-24-34-18-12-9-13-19-34)28-42(53)40(27-36-22-16-11-17-23-36)50-45(56)41(30-39-31-49-32-52(39)46(57)58-48(6,7)8)51-44(55)38(29-43(54)47(3,4)5)26-35-20-14-10-15-21-35/h9-10,12-15,18-21,24-25,31-33,36-38,40-42,53H,11,16-17,22-23,26-30H2,1-8H3,(H,50,56)(H,51,55)/b25-24+/t37-,38+,40-,41-,42-/m0/s1. The van der Waals surface area contributed by atoms with Gasteiger partial charge in [-0.1, -0.05) is 140 Å². The monoisotopic (exact) mass is 797 g/mol. The summed E-state index contributed by atoms with van der Waals surface area (Å²) in [5.41, 5.74) is 0.896. The lowest BCUT2D eigenvalue weighted by Crippen LogP contribution is -2.55. The molecular formula is C48H68N4O6. The number of carbonyl (C=O) groups excluding carboxylic acids is 4. The van der Waals surface area contributed by atoms with Crippen LogP contribution in [0.5, 0.6) is 0 Å². The van der Waals surface area contributed by atoms with Crippen LogP contribution in [-0.4, -0.2) is 62.1 Å². The largest absolute Gasteiger partial charge is 0.443 e. The first-order valence-electron chi connectivity index (χ1n) is 21.2. The van der Waals surface area contributed by atoms with Gasteiger partial charge in [0.1, 0.15) is 23.8 Å². The van der Waals surface area contributed by atoms with E-state index in [2.05, 4.69) is 41.6 Å².